The Labute approximate surface area is 153 Å². The molecule has 1 aliphatic heterocycles. The predicted molar refractivity (Wildman–Crippen MR) is 97.9 cm³/mol. The molecule has 2 unspecified atom stereocenters. The van der Waals surface area contributed by atoms with Gasteiger partial charge in [0, 0.05) is 29.8 Å². The Morgan fingerprint density at radius 2 is 2.22 bits per heavy atom. The zero-order valence-corrected chi connectivity index (χ0v) is 15.5. The van der Waals surface area contributed by atoms with Gasteiger partial charge in [0.25, 0.3) is 5.56 Å². The highest BCUT2D eigenvalue weighted by Gasteiger charge is 2.37. The van der Waals surface area contributed by atoms with Gasteiger partial charge in [0.1, 0.15) is 6.23 Å². The van der Waals surface area contributed by atoms with Crippen LogP contribution in [0.25, 0.3) is 10.4 Å². The van der Waals surface area contributed by atoms with Gasteiger partial charge in [-0.15, -0.1) is 0 Å². The van der Waals surface area contributed by atoms with Crippen molar-refractivity contribution in [3.8, 4) is 0 Å². The van der Waals surface area contributed by atoms with E-state index in [9.17, 15) is 23.6 Å². The third-order valence-corrected chi connectivity index (χ3v) is 5.53. The summed E-state index contributed by atoms with van der Waals surface area (Å²) in [4.78, 5) is 37.6. The molecule has 1 fully saturated rings. The Morgan fingerprint density at radius 3 is 2.81 bits per heavy atom. The SMILES string of the molecule is [BH3-]P(=O)(OC[C@H]1O[C@@H](n2cc(C)c(=O)[nH]c2=O)C[C@H]1N=[N+]=[N-])OP(C)(=O)O. The topological polar surface area (TPSA) is 186 Å². The molecular weight excluding hydrogens is 403 g/mol. The highest BCUT2D eigenvalue weighted by Crippen LogP contribution is 2.57. The molecule has 0 spiro atoms. The summed E-state index contributed by atoms with van der Waals surface area (Å²) < 4.78 is 40.2. The highest BCUT2D eigenvalue weighted by molar-refractivity contribution is 7.84. The first-order valence-corrected chi connectivity index (χ1v) is 10.3. The summed E-state index contributed by atoms with van der Waals surface area (Å²) in [5.41, 5.74) is 7.81. The molecule has 0 radical (unpaired) electrons. The van der Waals surface area contributed by atoms with Gasteiger partial charge in [0.2, 0.25) is 0 Å². The van der Waals surface area contributed by atoms with Crippen LogP contribution in [0.3, 0.4) is 0 Å². The zero-order chi connectivity index (χ0) is 20.4. The van der Waals surface area contributed by atoms with Crippen molar-refractivity contribution in [1.82, 2.24) is 9.55 Å². The van der Waals surface area contributed by atoms with Crippen molar-refractivity contribution in [3.63, 3.8) is 0 Å². The Morgan fingerprint density at radius 1 is 1.56 bits per heavy atom. The molecule has 0 aliphatic carbocycles. The fourth-order valence-electron chi connectivity index (χ4n) is 2.31. The lowest BCUT2D eigenvalue weighted by Gasteiger charge is -2.24. The number of H-pyrrole nitrogens is 1. The van der Waals surface area contributed by atoms with Gasteiger partial charge in [0.05, 0.1) is 26.3 Å². The molecule has 13 nitrogen and oxygen atoms in total. The molecular formula is C11H19BN5O8P2-. The lowest BCUT2D eigenvalue weighted by atomic mass is 10.1. The predicted octanol–water partition coefficient (Wildman–Crippen LogP) is 0.133. The number of aromatic nitrogens is 2. The van der Waals surface area contributed by atoms with Crippen LogP contribution in [0.1, 0.15) is 18.2 Å². The van der Waals surface area contributed by atoms with E-state index < -0.39 is 52.3 Å². The quantitative estimate of drug-likeness (QED) is 0.204. The number of aromatic amines is 1. The van der Waals surface area contributed by atoms with Crippen LogP contribution in [-0.2, 0) is 22.7 Å². The Kier molecular flexibility index (Phi) is 6.54. The third-order valence-electron chi connectivity index (χ3n) is 3.42. The maximum absolute atomic E-state index is 12.2. The van der Waals surface area contributed by atoms with Crippen LogP contribution in [0, 0.1) is 6.92 Å². The van der Waals surface area contributed by atoms with Crippen LogP contribution < -0.4 is 11.2 Å². The summed E-state index contributed by atoms with van der Waals surface area (Å²) in [6, 6.07) is -0.735. The number of aryl methyl sites for hydroxylation is 1. The zero-order valence-electron chi connectivity index (χ0n) is 13.7. The second-order valence-electron chi connectivity index (χ2n) is 5.52. The average Bonchev–Trinajstić information content (AvgIpc) is 2.90. The standard InChI is InChI=1S/C11H19BN5O8P2/c1-6-4-17(11(19)14-10(6)18)9-3-7(15-16-13)8(24-9)5-23-27(12,22)25-26(2,20)21/h4,7-9H,3,5H2,1-2,12H3,(H,20,21)(H,14,18,19)/q-1/t7-,8-,9-,27?/m1/s1. The van der Waals surface area contributed by atoms with E-state index in [1.54, 1.807) is 0 Å². The van der Waals surface area contributed by atoms with E-state index in [4.69, 9.17) is 14.8 Å². The van der Waals surface area contributed by atoms with Crippen molar-refractivity contribution in [2.45, 2.75) is 31.7 Å². The molecule has 150 valence electrons. The summed E-state index contributed by atoms with van der Waals surface area (Å²) in [7, 11) is -8.69. The van der Waals surface area contributed by atoms with Gasteiger partial charge in [-0.1, -0.05) is 5.11 Å². The van der Waals surface area contributed by atoms with Gasteiger partial charge < -0.3 is 18.7 Å². The lowest BCUT2D eigenvalue weighted by Crippen LogP contribution is -2.33. The summed E-state index contributed by atoms with van der Waals surface area (Å²) in [6.07, 6.45) is -0.239. The Balaban J connectivity index is 2.18. The third kappa shape index (κ3) is 5.92. The van der Waals surface area contributed by atoms with E-state index in [0.717, 1.165) is 11.2 Å². The van der Waals surface area contributed by atoms with Gasteiger partial charge in [-0.25, -0.2) is 4.79 Å². The minimum atomic E-state index is -3.98. The maximum atomic E-state index is 12.2. The maximum Gasteiger partial charge on any atom is 0.330 e. The van der Waals surface area contributed by atoms with Crippen LogP contribution in [0.2, 0.25) is 0 Å². The fourth-order valence-corrected chi connectivity index (χ4v) is 3.75. The highest BCUT2D eigenvalue weighted by atomic mass is 31.3. The minimum absolute atomic E-state index is 0.122. The molecule has 1 aromatic heterocycles. The fraction of sp³-hybridized carbons (Fsp3) is 0.636. The van der Waals surface area contributed by atoms with E-state index in [1.165, 1.54) is 13.1 Å². The van der Waals surface area contributed by atoms with Crippen molar-refractivity contribution in [1.29, 1.82) is 0 Å². The Bertz CT molecular complexity index is 966. The number of hydrogen-bond acceptors (Lipinski definition) is 8. The molecule has 1 saturated heterocycles. The molecule has 1 aromatic rings. The normalized spacial score (nSPS) is 26.7. The second kappa shape index (κ2) is 8.16. The van der Waals surface area contributed by atoms with Gasteiger partial charge >= 0.3 is 13.3 Å². The monoisotopic (exact) mass is 422 g/mol. The molecule has 16 heteroatoms. The minimum Gasteiger partial charge on any atom is -0.352 e. The number of ether oxygens (including phenoxy) is 1. The Hall–Kier alpha value is -1.65. The smallest absolute Gasteiger partial charge is 0.330 e. The molecule has 0 amide bonds. The largest absolute Gasteiger partial charge is 0.352 e. The number of rotatable bonds is 7. The first-order valence-electron chi connectivity index (χ1n) is 7.22. The van der Waals surface area contributed by atoms with E-state index >= 15 is 0 Å². The molecule has 0 aromatic carbocycles. The average molecular weight is 422 g/mol. The van der Waals surface area contributed by atoms with Crippen molar-refractivity contribution in [3.05, 3.63) is 43.0 Å². The molecule has 2 N–H and O–H groups in total. The van der Waals surface area contributed by atoms with Crippen LogP contribution >= 0.6 is 15.1 Å². The van der Waals surface area contributed by atoms with Crippen molar-refractivity contribution >= 4 is 22.6 Å². The summed E-state index contributed by atoms with van der Waals surface area (Å²) in [6.45, 7) is 2.12. The van der Waals surface area contributed by atoms with Gasteiger partial charge in [-0.05, 0) is 12.5 Å². The summed E-state index contributed by atoms with van der Waals surface area (Å²) in [5, 5.41) is 3.60. The first kappa shape index (κ1) is 21.7. The van der Waals surface area contributed by atoms with Crippen LogP contribution in [0.15, 0.2) is 20.9 Å². The molecule has 2 heterocycles. The summed E-state index contributed by atoms with van der Waals surface area (Å²) >= 11 is 0. The molecule has 5 atom stereocenters. The van der Waals surface area contributed by atoms with E-state index in [0.29, 0.717) is 5.56 Å². The van der Waals surface area contributed by atoms with Crippen molar-refractivity contribution < 1.29 is 27.6 Å². The molecule has 0 bridgehead atoms. The number of nitrogens with one attached hydrogen (secondary N) is 1. The molecule has 2 rings (SSSR count). The van der Waals surface area contributed by atoms with Crippen LogP contribution in [-0.4, -0.2) is 47.4 Å². The first-order chi connectivity index (χ1) is 12.4. The number of hydrogen-bond donors (Lipinski definition) is 2. The molecule has 1 aliphatic rings. The number of nitrogens with zero attached hydrogens (tertiary/aromatic N) is 4. The molecule has 0 saturated carbocycles. The van der Waals surface area contributed by atoms with E-state index in [2.05, 4.69) is 19.3 Å². The van der Waals surface area contributed by atoms with Gasteiger partial charge in [-0.2, -0.15) is 0 Å². The van der Waals surface area contributed by atoms with Crippen molar-refractivity contribution in [2.24, 2.45) is 5.11 Å². The van der Waals surface area contributed by atoms with Crippen molar-refractivity contribution in [2.75, 3.05) is 13.3 Å². The molecule has 27 heavy (non-hydrogen) atoms. The summed E-state index contributed by atoms with van der Waals surface area (Å²) in [5.74, 6) is 0. The lowest BCUT2D eigenvalue weighted by molar-refractivity contribution is -0.0230. The van der Waals surface area contributed by atoms with Crippen LogP contribution in [0.4, 0.5) is 0 Å². The number of azide groups is 1. The van der Waals surface area contributed by atoms with Crippen LogP contribution in [0.5, 0.6) is 0 Å². The van der Waals surface area contributed by atoms with E-state index in [-0.39, 0.29) is 13.0 Å². The van der Waals surface area contributed by atoms with Gasteiger partial charge in [-0.3, -0.25) is 23.2 Å². The van der Waals surface area contributed by atoms with Gasteiger partial charge in [0.15, 0.2) is 7.47 Å². The van der Waals surface area contributed by atoms with E-state index in [1.807, 2.05) is 0 Å². The second-order valence-corrected chi connectivity index (χ2v) is 8.48.